The van der Waals surface area contributed by atoms with E-state index in [1.165, 1.54) is 17.4 Å². The van der Waals surface area contributed by atoms with Crippen LogP contribution in [0.2, 0.25) is 0 Å². The Bertz CT molecular complexity index is 550. The van der Waals surface area contributed by atoms with Crippen LogP contribution in [-0.2, 0) is 10.0 Å². The van der Waals surface area contributed by atoms with Gasteiger partial charge in [-0.25, -0.2) is 12.8 Å². The topological polar surface area (TPSA) is 37.4 Å². The van der Waals surface area contributed by atoms with Gasteiger partial charge in [0.15, 0.2) is 0 Å². The van der Waals surface area contributed by atoms with E-state index in [1.807, 2.05) is 0 Å². The number of hydrogen-bond acceptors (Lipinski definition) is 2. The third-order valence-electron chi connectivity index (χ3n) is 3.17. The molecule has 0 spiro atoms. The van der Waals surface area contributed by atoms with E-state index < -0.39 is 10.0 Å². The number of nitrogens with zero attached hydrogens (tertiary/aromatic N) is 1. The van der Waals surface area contributed by atoms with Crippen LogP contribution >= 0.6 is 0 Å². The SMILES string of the molecule is Cc1cc(F)c(C2CC2)cc1N(C)S(C)(=O)=O. The molecule has 0 aliphatic heterocycles. The van der Waals surface area contributed by atoms with Gasteiger partial charge in [-0.15, -0.1) is 0 Å². The lowest BCUT2D eigenvalue weighted by atomic mass is 10.1. The van der Waals surface area contributed by atoms with Gasteiger partial charge in [0.25, 0.3) is 0 Å². The number of halogens is 1. The summed E-state index contributed by atoms with van der Waals surface area (Å²) in [6.45, 7) is 1.72. The van der Waals surface area contributed by atoms with Crippen molar-refractivity contribution in [3.05, 3.63) is 29.1 Å². The summed E-state index contributed by atoms with van der Waals surface area (Å²) in [5.41, 5.74) is 1.84. The van der Waals surface area contributed by atoms with Gasteiger partial charge in [0.1, 0.15) is 5.82 Å². The molecule has 1 aromatic rings. The molecule has 3 nitrogen and oxygen atoms in total. The third-order valence-corrected chi connectivity index (χ3v) is 4.36. The van der Waals surface area contributed by atoms with E-state index in [2.05, 4.69) is 0 Å². The Hall–Kier alpha value is -1.10. The lowest BCUT2D eigenvalue weighted by Crippen LogP contribution is -2.25. The van der Waals surface area contributed by atoms with E-state index in [9.17, 15) is 12.8 Å². The molecule has 0 aromatic heterocycles. The molecular formula is C12H16FNO2S. The molecule has 0 N–H and O–H groups in total. The summed E-state index contributed by atoms with van der Waals surface area (Å²) in [4.78, 5) is 0. The number of hydrogen-bond donors (Lipinski definition) is 0. The molecule has 5 heteroatoms. The molecule has 0 saturated heterocycles. The van der Waals surface area contributed by atoms with E-state index in [0.717, 1.165) is 19.1 Å². The number of aryl methyl sites for hydroxylation is 1. The second kappa shape index (κ2) is 3.98. The van der Waals surface area contributed by atoms with Crippen molar-refractivity contribution in [1.29, 1.82) is 0 Å². The summed E-state index contributed by atoms with van der Waals surface area (Å²) in [5.74, 6) is 0.0398. The predicted molar refractivity (Wildman–Crippen MR) is 66.4 cm³/mol. The summed E-state index contributed by atoms with van der Waals surface area (Å²) in [7, 11) is -1.81. The van der Waals surface area contributed by atoms with Crippen molar-refractivity contribution in [3.8, 4) is 0 Å². The van der Waals surface area contributed by atoms with Crippen molar-refractivity contribution in [3.63, 3.8) is 0 Å². The zero-order valence-corrected chi connectivity index (χ0v) is 11.0. The van der Waals surface area contributed by atoms with Crippen LogP contribution in [0.3, 0.4) is 0 Å². The van der Waals surface area contributed by atoms with E-state index >= 15 is 0 Å². The first-order valence-electron chi connectivity index (χ1n) is 5.54. The van der Waals surface area contributed by atoms with Crippen molar-refractivity contribution >= 4 is 15.7 Å². The molecule has 17 heavy (non-hydrogen) atoms. The maximum absolute atomic E-state index is 13.7. The van der Waals surface area contributed by atoms with Gasteiger partial charge in [0.2, 0.25) is 10.0 Å². The van der Waals surface area contributed by atoms with Gasteiger partial charge in [-0.05, 0) is 48.9 Å². The van der Waals surface area contributed by atoms with Crippen LogP contribution in [0, 0.1) is 12.7 Å². The summed E-state index contributed by atoms with van der Waals surface area (Å²) in [5, 5.41) is 0. The van der Waals surface area contributed by atoms with Crippen LogP contribution < -0.4 is 4.31 Å². The first kappa shape index (κ1) is 12.4. The molecule has 94 valence electrons. The van der Waals surface area contributed by atoms with Gasteiger partial charge < -0.3 is 0 Å². The molecule has 1 aliphatic carbocycles. The average Bonchev–Trinajstić information content (AvgIpc) is 2.99. The molecule has 0 bridgehead atoms. The quantitative estimate of drug-likeness (QED) is 0.834. The standard InChI is InChI=1S/C12H16FNO2S/c1-8-6-11(13)10(9-4-5-9)7-12(8)14(2)17(3,15)16/h6-7,9H,4-5H2,1-3H3. The Morgan fingerprint density at radius 2 is 1.94 bits per heavy atom. The van der Waals surface area contributed by atoms with Crippen molar-refractivity contribution in [2.45, 2.75) is 25.7 Å². The van der Waals surface area contributed by atoms with Crippen LogP contribution in [0.1, 0.15) is 29.9 Å². The first-order valence-corrected chi connectivity index (χ1v) is 7.39. The number of sulfonamides is 1. The highest BCUT2D eigenvalue weighted by Crippen LogP contribution is 2.43. The van der Waals surface area contributed by atoms with E-state index in [-0.39, 0.29) is 11.7 Å². The minimum atomic E-state index is -3.30. The molecule has 1 aliphatic rings. The van der Waals surface area contributed by atoms with Crippen LogP contribution in [0.15, 0.2) is 12.1 Å². The van der Waals surface area contributed by atoms with Gasteiger partial charge in [-0.2, -0.15) is 0 Å². The Balaban J connectivity index is 2.50. The van der Waals surface area contributed by atoms with Crippen molar-refractivity contribution in [1.82, 2.24) is 0 Å². The minimum absolute atomic E-state index is 0.226. The minimum Gasteiger partial charge on any atom is -0.273 e. The second-order valence-corrected chi connectivity index (χ2v) is 6.68. The maximum atomic E-state index is 13.7. The molecule has 0 heterocycles. The Morgan fingerprint density at radius 1 is 1.35 bits per heavy atom. The van der Waals surface area contributed by atoms with E-state index in [0.29, 0.717) is 16.8 Å². The van der Waals surface area contributed by atoms with Crippen molar-refractivity contribution in [2.75, 3.05) is 17.6 Å². The smallest absolute Gasteiger partial charge is 0.232 e. The first-order chi connectivity index (χ1) is 7.80. The molecule has 0 atom stereocenters. The fourth-order valence-corrected chi connectivity index (χ4v) is 2.46. The number of rotatable bonds is 3. The number of anilines is 1. The summed E-state index contributed by atoms with van der Waals surface area (Å²) >= 11 is 0. The maximum Gasteiger partial charge on any atom is 0.232 e. The highest BCUT2D eigenvalue weighted by Gasteiger charge is 2.28. The van der Waals surface area contributed by atoms with Crippen LogP contribution in [-0.4, -0.2) is 21.7 Å². The molecule has 1 saturated carbocycles. The van der Waals surface area contributed by atoms with Gasteiger partial charge >= 0.3 is 0 Å². The third kappa shape index (κ3) is 2.44. The zero-order valence-electron chi connectivity index (χ0n) is 10.2. The highest BCUT2D eigenvalue weighted by atomic mass is 32.2. The fourth-order valence-electron chi connectivity index (χ4n) is 1.90. The lowest BCUT2D eigenvalue weighted by molar-refractivity contribution is 0.598. The van der Waals surface area contributed by atoms with E-state index in [1.54, 1.807) is 13.0 Å². The molecule has 2 rings (SSSR count). The fraction of sp³-hybridized carbons (Fsp3) is 0.500. The summed E-state index contributed by atoms with van der Waals surface area (Å²) < 4.78 is 37.9. The van der Waals surface area contributed by atoms with Gasteiger partial charge in [0.05, 0.1) is 11.9 Å². The van der Waals surface area contributed by atoms with Gasteiger partial charge in [-0.1, -0.05) is 0 Å². The molecule has 1 aromatic carbocycles. The van der Waals surface area contributed by atoms with Gasteiger partial charge in [-0.3, -0.25) is 4.31 Å². The zero-order chi connectivity index (χ0) is 12.8. The predicted octanol–water partition coefficient (Wildman–Crippen LogP) is 2.41. The largest absolute Gasteiger partial charge is 0.273 e. The molecule has 1 fully saturated rings. The van der Waals surface area contributed by atoms with Crippen LogP contribution in [0.25, 0.3) is 0 Å². The monoisotopic (exact) mass is 257 g/mol. The van der Waals surface area contributed by atoms with E-state index in [4.69, 9.17) is 0 Å². The second-order valence-electron chi connectivity index (χ2n) is 4.66. The summed E-state index contributed by atoms with van der Waals surface area (Å²) in [6, 6.07) is 3.09. The van der Waals surface area contributed by atoms with Crippen LogP contribution in [0.5, 0.6) is 0 Å². The molecule has 0 radical (unpaired) electrons. The normalized spacial score (nSPS) is 16.0. The Kier molecular flexibility index (Phi) is 2.89. The summed E-state index contributed by atoms with van der Waals surface area (Å²) in [6.07, 6.45) is 3.12. The molecular weight excluding hydrogens is 241 g/mol. The van der Waals surface area contributed by atoms with Crippen molar-refractivity contribution < 1.29 is 12.8 Å². The molecule has 0 unspecified atom stereocenters. The van der Waals surface area contributed by atoms with Crippen molar-refractivity contribution in [2.24, 2.45) is 0 Å². The average molecular weight is 257 g/mol. The Labute approximate surface area is 101 Å². The number of benzene rings is 1. The lowest BCUT2D eigenvalue weighted by Gasteiger charge is -2.20. The van der Waals surface area contributed by atoms with Gasteiger partial charge in [0, 0.05) is 7.05 Å². The Morgan fingerprint density at radius 3 is 2.41 bits per heavy atom. The molecule has 0 amide bonds. The highest BCUT2D eigenvalue weighted by molar-refractivity contribution is 7.92. The van der Waals surface area contributed by atoms with Crippen LogP contribution in [0.4, 0.5) is 10.1 Å².